The number of hydrogen-bond acceptors (Lipinski definition) is 4. The molecule has 4 nitrogen and oxygen atoms in total. The zero-order valence-electron chi connectivity index (χ0n) is 8.59. The Morgan fingerprint density at radius 3 is 2.82 bits per heavy atom. The Hall–Kier alpha value is -1.59. The van der Waals surface area contributed by atoms with Gasteiger partial charge >= 0.3 is 0 Å². The van der Waals surface area contributed by atoms with Crippen LogP contribution in [0.25, 0.3) is 11.0 Å². The molecular formula is C11H7ClN4S. The fraction of sp³-hybridized carbons (Fsp3) is 0. The average Bonchev–Trinajstić information content (AvgIpc) is 2.71. The highest BCUT2D eigenvalue weighted by molar-refractivity contribution is 7.99. The summed E-state index contributed by atoms with van der Waals surface area (Å²) in [6, 6.07) is 9.67. The number of nitrogens with zero attached hydrogens (tertiary/aromatic N) is 3. The quantitative estimate of drug-likeness (QED) is 0.569. The van der Waals surface area contributed by atoms with Gasteiger partial charge in [-0.15, -0.1) is 0 Å². The van der Waals surface area contributed by atoms with Crippen LogP contribution in [-0.2, 0) is 0 Å². The third kappa shape index (κ3) is 2.25. The van der Waals surface area contributed by atoms with Crippen LogP contribution >= 0.6 is 23.4 Å². The van der Waals surface area contributed by atoms with E-state index in [2.05, 4.69) is 19.9 Å². The number of fused-ring (bicyclic) bond motifs is 1. The molecular weight excluding hydrogens is 256 g/mol. The van der Waals surface area contributed by atoms with Crippen LogP contribution in [-0.4, -0.2) is 19.9 Å². The molecule has 0 aliphatic rings. The minimum Gasteiger partial charge on any atom is -0.333 e. The van der Waals surface area contributed by atoms with Crippen LogP contribution in [0.1, 0.15) is 0 Å². The lowest BCUT2D eigenvalue weighted by Crippen LogP contribution is -1.84. The van der Waals surface area contributed by atoms with Crippen molar-refractivity contribution in [2.75, 3.05) is 0 Å². The summed E-state index contributed by atoms with van der Waals surface area (Å²) < 4.78 is 0. The van der Waals surface area contributed by atoms with E-state index in [1.807, 2.05) is 24.3 Å². The van der Waals surface area contributed by atoms with Gasteiger partial charge in [-0.2, -0.15) is 0 Å². The predicted molar refractivity (Wildman–Crippen MR) is 67.3 cm³/mol. The van der Waals surface area contributed by atoms with Crippen molar-refractivity contribution in [3.05, 3.63) is 41.8 Å². The first-order valence-electron chi connectivity index (χ1n) is 4.92. The van der Waals surface area contributed by atoms with Gasteiger partial charge in [0.1, 0.15) is 5.03 Å². The molecule has 1 aromatic carbocycles. The summed E-state index contributed by atoms with van der Waals surface area (Å²) >= 11 is 7.15. The number of benzene rings is 1. The summed E-state index contributed by atoms with van der Waals surface area (Å²) in [5, 5.41) is 1.80. The fourth-order valence-electron chi connectivity index (χ4n) is 1.45. The number of imidazole rings is 1. The van der Waals surface area contributed by atoms with Gasteiger partial charge in [0.2, 0.25) is 5.28 Å². The number of aromatic nitrogens is 4. The summed E-state index contributed by atoms with van der Waals surface area (Å²) in [6.07, 6.45) is 1.63. The molecule has 0 atom stereocenters. The second-order valence-electron chi connectivity index (χ2n) is 3.33. The first-order chi connectivity index (χ1) is 8.31. The Morgan fingerprint density at radius 2 is 2.00 bits per heavy atom. The molecule has 0 aliphatic carbocycles. The number of hydrogen-bond donors (Lipinski definition) is 1. The van der Waals surface area contributed by atoms with Gasteiger partial charge in [-0.3, -0.25) is 0 Å². The number of halogens is 1. The van der Waals surface area contributed by atoms with Crippen molar-refractivity contribution in [3.63, 3.8) is 0 Å². The molecule has 0 fully saturated rings. The number of H-pyrrole nitrogens is 1. The maximum absolute atomic E-state index is 5.72. The summed E-state index contributed by atoms with van der Waals surface area (Å²) in [5.41, 5.74) is 1.95. The van der Waals surface area contributed by atoms with Crippen molar-refractivity contribution in [3.8, 4) is 0 Å². The van der Waals surface area contributed by atoms with Gasteiger partial charge in [0.25, 0.3) is 0 Å². The van der Waals surface area contributed by atoms with Crippen molar-refractivity contribution in [2.24, 2.45) is 0 Å². The van der Waals surface area contributed by atoms with Crippen molar-refractivity contribution in [1.29, 1.82) is 0 Å². The molecule has 0 aliphatic heterocycles. The van der Waals surface area contributed by atoms with E-state index >= 15 is 0 Å². The Balaban J connectivity index is 1.94. The van der Waals surface area contributed by atoms with E-state index in [9.17, 15) is 0 Å². The van der Waals surface area contributed by atoms with Crippen molar-refractivity contribution < 1.29 is 0 Å². The van der Waals surface area contributed by atoms with Gasteiger partial charge in [0, 0.05) is 6.20 Å². The third-order valence-electron chi connectivity index (χ3n) is 2.17. The van der Waals surface area contributed by atoms with Crippen LogP contribution in [0.2, 0.25) is 5.28 Å². The maximum Gasteiger partial charge on any atom is 0.223 e. The second kappa shape index (κ2) is 4.35. The van der Waals surface area contributed by atoms with Crippen LogP contribution in [0.5, 0.6) is 0 Å². The summed E-state index contributed by atoms with van der Waals surface area (Å²) in [6.45, 7) is 0. The number of nitrogens with one attached hydrogen (secondary N) is 1. The van der Waals surface area contributed by atoms with Crippen LogP contribution < -0.4 is 0 Å². The van der Waals surface area contributed by atoms with Crippen LogP contribution in [0.3, 0.4) is 0 Å². The molecule has 17 heavy (non-hydrogen) atoms. The highest BCUT2D eigenvalue weighted by Gasteiger charge is 2.05. The second-order valence-corrected chi connectivity index (χ2v) is 4.67. The molecule has 3 rings (SSSR count). The highest BCUT2D eigenvalue weighted by Crippen LogP contribution is 2.25. The molecule has 3 aromatic rings. The zero-order valence-corrected chi connectivity index (χ0v) is 10.2. The van der Waals surface area contributed by atoms with E-state index in [0.29, 0.717) is 0 Å². The Morgan fingerprint density at radius 1 is 1.12 bits per heavy atom. The highest BCUT2D eigenvalue weighted by atomic mass is 35.5. The molecule has 0 unspecified atom stereocenters. The van der Waals surface area contributed by atoms with Crippen LogP contribution in [0, 0.1) is 0 Å². The summed E-state index contributed by atoms with van der Waals surface area (Å²) in [4.78, 5) is 15.6. The topological polar surface area (TPSA) is 54.5 Å². The van der Waals surface area contributed by atoms with Crippen molar-refractivity contribution >= 4 is 34.4 Å². The summed E-state index contributed by atoms with van der Waals surface area (Å²) in [7, 11) is 0. The number of para-hydroxylation sites is 2. The molecule has 0 amide bonds. The lowest BCUT2D eigenvalue weighted by Gasteiger charge is -1.95. The minimum atomic E-state index is 0.242. The van der Waals surface area contributed by atoms with Crippen molar-refractivity contribution in [2.45, 2.75) is 10.2 Å². The predicted octanol–water partition coefficient (Wildman–Crippen LogP) is 3.16. The molecule has 2 aromatic heterocycles. The Bertz CT molecular complexity index is 634. The lowest BCUT2D eigenvalue weighted by molar-refractivity contribution is 1.02. The SMILES string of the molecule is Clc1nccc(Sc2nc3ccccc3[nH]2)n1. The minimum absolute atomic E-state index is 0.242. The van der Waals surface area contributed by atoms with Gasteiger partial charge in [0.05, 0.1) is 11.0 Å². The lowest BCUT2D eigenvalue weighted by atomic mass is 10.3. The van der Waals surface area contributed by atoms with Gasteiger partial charge in [-0.05, 0) is 41.6 Å². The monoisotopic (exact) mass is 262 g/mol. The van der Waals surface area contributed by atoms with Gasteiger partial charge in [-0.1, -0.05) is 12.1 Å². The van der Waals surface area contributed by atoms with E-state index in [0.717, 1.165) is 21.2 Å². The first kappa shape index (κ1) is 10.6. The number of aromatic amines is 1. The zero-order chi connectivity index (χ0) is 11.7. The molecule has 84 valence electrons. The Kier molecular flexibility index (Phi) is 2.70. The molecule has 2 heterocycles. The molecule has 0 saturated heterocycles. The average molecular weight is 263 g/mol. The molecule has 6 heteroatoms. The van der Waals surface area contributed by atoms with E-state index in [1.165, 1.54) is 11.8 Å². The normalized spacial score (nSPS) is 10.9. The van der Waals surface area contributed by atoms with Crippen LogP contribution in [0.15, 0.2) is 46.7 Å². The van der Waals surface area contributed by atoms with E-state index < -0.39 is 0 Å². The van der Waals surface area contributed by atoms with E-state index in [-0.39, 0.29) is 5.28 Å². The molecule has 0 radical (unpaired) electrons. The maximum atomic E-state index is 5.72. The fourth-order valence-corrected chi connectivity index (χ4v) is 2.41. The molecule has 0 bridgehead atoms. The van der Waals surface area contributed by atoms with Gasteiger partial charge in [0.15, 0.2) is 5.16 Å². The van der Waals surface area contributed by atoms with Crippen LogP contribution in [0.4, 0.5) is 0 Å². The van der Waals surface area contributed by atoms with E-state index in [1.54, 1.807) is 12.3 Å². The number of rotatable bonds is 2. The smallest absolute Gasteiger partial charge is 0.223 e. The third-order valence-corrected chi connectivity index (χ3v) is 3.17. The molecule has 0 saturated carbocycles. The first-order valence-corrected chi connectivity index (χ1v) is 6.12. The summed E-state index contributed by atoms with van der Waals surface area (Å²) in [5.74, 6) is 0. The molecule has 0 spiro atoms. The standard InChI is InChI=1S/C11H7ClN4S/c12-10-13-6-5-9(16-10)17-11-14-7-3-1-2-4-8(7)15-11/h1-6H,(H,14,15). The van der Waals surface area contributed by atoms with Gasteiger partial charge in [-0.25, -0.2) is 15.0 Å². The largest absolute Gasteiger partial charge is 0.333 e. The van der Waals surface area contributed by atoms with E-state index in [4.69, 9.17) is 11.6 Å². The Labute approximate surface area is 106 Å². The van der Waals surface area contributed by atoms with Crippen molar-refractivity contribution in [1.82, 2.24) is 19.9 Å². The van der Waals surface area contributed by atoms with Gasteiger partial charge < -0.3 is 4.98 Å². The molecule has 1 N–H and O–H groups in total.